The van der Waals surface area contributed by atoms with Gasteiger partial charge in [0.15, 0.2) is 0 Å². The van der Waals surface area contributed by atoms with Crippen molar-refractivity contribution in [3.8, 4) is 0 Å². The highest BCUT2D eigenvalue weighted by atomic mass is 16.2. The Bertz CT molecular complexity index is 436. The van der Waals surface area contributed by atoms with E-state index in [1.54, 1.807) is 12.1 Å². The zero-order chi connectivity index (χ0) is 13.3. The van der Waals surface area contributed by atoms with Gasteiger partial charge in [0.1, 0.15) is 5.82 Å². The first-order chi connectivity index (χ1) is 8.47. The normalized spacial score (nSPS) is 19.6. The Hall–Kier alpha value is -1.58. The van der Waals surface area contributed by atoms with Crippen molar-refractivity contribution in [2.45, 2.75) is 27.2 Å². The van der Waals surface area contributed by atoms with Gasteiger partial charge in [-0.2, -0.15) is 0 Å². The van der Waals surface area contributed by atoms with E-state index in [4.69, 9.17) is 5.73 Å². The second-order valence-electron chi connectivity index (χ2n) is 5.47. The van der Waals surface area contributed by atoms with Gasteiger partial charge >= 0.3 is 0 Å². The number of likely N-dealkylation sites (tertiary alicyclic amines) is 1. The molecule has 1 amide bonds. The van der Waals surface area contributed by atoms with Crippen LogP contribution in [0.25, 0.3) is 0 Å². The third-order valence-corrected chi connectivity index (χ3v) is 3.67. The third-order valence-electron chi connectivity index (χ3n) is 3.67. The van der Waals surface area contributed by atoms with E-state index in [-0.39, 0.29) is 5.91 Å². The number of hydrogen-bond donors (Lipinski definition) is 1. The minimum Gasteiger partial charge on any atom is -0.384 e. The highest BCUT2D eigenvalue weighted by Crippen LogP contribution is 2.25. The van der Waals surface area contributed by atoms with Crippen LogP contribution in [-0.4, -0.2) is 28.9 Å². The fourth-order valence-corrected chi connectivity index (χ4v) is 2.52. The van der Waals surface area contributed by atoms with Crippen LogP contribution >= 0.6 is 0 Å². The van der Waals surface area contributed by atoms with Crippen molar-refractivity contribution in [3.63, 3.8) is 0 Å². The molecule has 0 saturated carbocycles. The summed E-state index contributed by atoms with van der Waals surface area (Å²) >= 11 is 0. The van der Waals surface area contributed by atoms with Gasteiger partial charge in [0, 0.05) is 24.3 Å². The highest BCUT2D eigenvalue weighted by molar-refractivity contribution is 5.95. The summed E-state index contributed by atoms with van der Waals surface area (Å²) in [5.74, 6) is 1.74. The van der Waals surface area contributed by atoms with E-state index in [1.165, 1.54) is 0 Å². The molecule has 1 unspecified atom stereocenters. The van der Waals surface area contributed by atoms with Crippen LogP contribution in [0, 0.1) is 18.8 Å². The summed E-state index contributed by atoms with van der Waals surface area (Å²) in [6.07, 6.45) is 1.10. The maximum atomic E-state index is 12.4. The summed E-state index contributed by atoms with van der Waals surface area (Å²) in [5, 5.41) is 0. The van der Waals surface area contributed by atoms with Gasteiger partial charge in [0.2, 0.25) is 0 Å². The number of nitrogens with zero attached hydrogens (tertiary/aromatic N) is 2. The van der Waals surface area contributed by atoms with Crippen molar-refractivity contribution in [3.05, 3.63) is 23.4 Å². The predicted octanol–water partition coefficient (Wildman–Crippen LogP) is 2.09. The molecule has 0 aromatic carbocycles. The number of rotatable bonds is 2. The average Bonchev–Trinajstić information content (AvgIpc) is 2.75. The van der Waals surface area contributed by atoms with Gasteiger partial charge in [0.05, 0.1) is 0 Å². The maximum Gasteiger partial charge on any atom is 0.254 e. The van der Waals surface area contributed by atoms with Gasteiger partial charge in [-0.3, -0.25) is 4.79 Å². The van der Waals surface area contributed by atoms with Crippen molar-refractivity contribution in [2.24, 2.45) is 11.8 Å². The van der Waals surface area contributed by atoms with E-state index < -0.39 is 0 Å². The van der Waals surface area contributed by atoms with Gasteiger partial charge in [-0.1, -0.05) is 13.8 Å². The molecule has 98 valence electrons. The van der Waals surface area contributed by atoms with Crippen LogP contribution in [0.5, 0.6) is 0 Å². The topological polar surface area (TPSA) is 59.2 Å². The molecule has 1 aromatic rings. The lowest BCUT2D eigenvalue weighted by molar-refractivity contribution is 0.0784. The number of nitrogens with two attached hydrogens (primary N) is 1. The van der Waals surface area contributed by atoms with E-state index in [9.17, 15) is 4.79 Å². The first kappa shape index (κ1) is 12.9. The molecule has 1 aromatic heterocycles. The molecule has 2 rings (SSSR count). The number of aryl methyl sites for hydroxylation is 1. The lowest BCUT2D eigenvalue weighted by atomic mass is 9.95. The second-order valence-corrected chi connectivity index (χ2v) is 5.47. The van der Waals surface area contributed by atoms with Crippen LogP contribution in [-0.2, 0) is 0 Å². The first-order valence-electron chi connectivity index (χ1n) is 6.51. The SMILES string of the molecule is Cc1cc(C(=O)N2CCC(C(C)C)C2)cc(N)n1. The van der Waals surface area contributed by atoms with E-state index in [2.05, 4.69) is 18.8 Å². The summed E-state index contributed by atoms with van der Waals surface area (Å²) in [5.41, 5.74) is 7.14. The zero-order valence-electron chi connectivity index (χ0n) is 11.3. The fraction of sp³-hybridized carbons (Fsp3) is 0.571. The standard InChI is InChI=1S/C14H21N3O/c1-9(2)11-4-5-17(8-11)14(18)12-6-10(3)16-13(15)7-12/h6-7,9,11H,4-5,8H2,1-3H3,(H2,15,16). The van der Waals surface area contributed by atoms with Gasteiger partial charge in [-0.25, -0.2) is 4.98 Å². The molecule has 1 fully saturated rings. The molecule has 0 bridgehead atoms. The van der Waals surface area contributed by atoms with Crippen molar-refractivity contribution < 1.29 is 4.79 Å². The van der Waals surface area contributed by atoms with Crippen molar-refractivity contribution >= 4 is 11.7 Å². The largest absolute Gasteiger partial charge is 0.384 e. The third kappa shape index (κ3) is 2.63. The maximum absolute atomic E-state index is 12.4. The van der Waals surface area contributed by atoms with Gasteiger partial charge < -0.3 is 10.6 Å². The minimum atomic E-state index is 0.0790. The molecule has 4 nitrogen and oxygen atoms in total. The number of nitrogen functional groups attached to an aromatic ring is 1. The Morgan fingerprint density at radius 2 is 2.22 bits per heavy atom. The molecule has 1 atom stereocenters. The summed E-state index contributed by atoms with van der Waals surface area (Å²) < 4.78 is 0. The summed E-state index contributed by atoms with van der Waals surface area (Å²) in [6.45, 7) is 8.00. The number of anilines is 1. The number of hydrogen-bond acceptors (Lipinski definition) is 3. The van der Waals surface area contributed by atoms with Gasteiger partial charge in [-0.15, -0.1) is 0 Å². The van der Waals surface area contributed by atoms with Crippen LogP contribution < -0.4 is 5.73 Å². The van der Waals surface area contributed by atoms with E-state index >= 15 is 0 Å². The van der Waals surface area contributed by atoms with Gasteiger partial charge in [0.25, 0.3) is 5.91 Å². The Kier molecular flexibility index (Phi) is 3.55. The Balaban J connectivity index is 2.12. The predicted molar refractivity (Wildman–Crippen MR) is 72.2 cm³/mol. The van der Waals surface area contributed by atoms with E-state index in [0.29, 0.717) is 23.2 Å². The monoisotopic (exact) mass is 247 g/mol. The van der Waals surface area contributed by atoms with Crippen LogP contribution in [0.1, 0.15) is 36.3 Å². The zero-order valence-corrected chi connectivity index (χ0v) is 11.3. The number of pyridine rings is 1. The second kappa shape index (κ2) is 4.96. The van der Waals surface area contributed by atoms with Crippen molar-refractivity contribution in [2.75, 3.05) is 18.8 Å². The molecule has 18 heavy (non-hydrogen) atoms. The first-order valence-corrected chi connectivity index (χ1v) is 6.51. The van der Waals surface area contributed by atoms with Crippen LogP contribution in [0.3, 0.4) is 0 Å². The molecule has 0 radical (unpaired) electrons. The summed E-state index contributed by atoms with van der Waals surface area (Å²) in [4.78, 5) is 18.4. The van der Waals surface area contributed by atoms with Crippen molar-refractivity contribution in [1.29, 1.82) is 0 Å². The molecule has 4 heteroatoms. The number of carbonyl (C=O) groups excluding carboxylic acids is 1. The number of carbonyl (C=O) groups is 1. The van der Waals surface area contributed by atoms with Crippen LogP contribution in [0.4, 0.5) is 5.82 Å². The molecule has 2 N–H and O–H groups in total. The lowest BCUT2D eigenvalue weighted by Gasteiger charge is -2.18. The van der Waals surface area contributed by atoms with Gasteiger partial charge in [-0.05, 0) is 37.3 Å². The fourth-order valence-electron chi connectivity index (χ4n) is 2.52. The molecule has 0 spiro atoms. The smallest absolute Gasteiger partial charge is 0.254 e. The Morgan fingerprint density at radius 3 is 2.78 bits per heavy atom. The Morgan fingerprint density at radius 1 is 1.50 bits per heavy atom. The molecular formula is C14H21N3O. The van der Waals surface area contributed by atoms with Crippen molar-refractivity contribution in [1.82, 2.24) is 9.88 Å². The van der Waals surface area contributed by atoms with Crippen LogP contribution in [0.15, 0.2) is 12.1 Å². The molecule has 1 aliphatic heterocycles. The molecule has 1 aliphatic rings. The quantitative estimate of drug-likeness (QED) is 0.870. The summed E-state index contributed by atoms with van der Waals surface area (Å²) in [7, 11) is 0. The van der Waals surface area contributed by atoms with Crippen LogP contribution in [0.2, 0.25) is 0 Å². The molecule has 1 saturated heterocycles. The summed E-state index contributed by atoms with van der Waals surface area (Å²) in [6, 6.07) is 3.47. The molecular weight excluding hydrogens is 226 g/mol. The highest BCUT2D eigenvalue weighted by Gasteiger charge is 2.28. The molecule has 2 heterocycles. The number of aromatic nitrogens is 1. The number of amides is 1. The Labute approximate surface area is 108 Å². The van der Waals surface area contributed by atoms with E-state index in [1.807, 2.05) is 11.8 Å². The van der Waals surface area contributed by atoms with E-state index in [0.717, 1.165) is 25.2 Å². The average molecular weight is 247 g/mol. The minimum absolute atomic E-state index is 0.0790. The molecule has 0 aliphatic carbocycles. The lowest BCUT2D eigenvalue weighted by Crippen LogP contribution is -2.29.